The summed E-state index contributed by atoms with van der Waals surface area (Å²) in [6.07, 6.45) is 3.89. The van der Waals surface area contributed by atoms with Gasteiger partial charge in [0.25, 0.3) is 5.56 Å². The Balaban J connectivity index is 1.72. The van der Waals surface area contributed by atoms with Gasteiger partial charge in [-0.25, -0.2) is 4.68 Å². The predicted octanol–water partition coefficient (Wildman–Crippen LogP) is 2.54. The Morgan fingerprint density at radius 3 is 2.91 bits per heavy atom. The fourth-order valence-corrected chi connectivity index (χ4v) is 2.70. The van der Waals surface area contributed by atoms with Gasteiger partial charge < -0.3 is 10.1 Å². The van der Waals surface area contributed by atoms with E-state index in [4.69, 9.17) is 16.3 Å². The summed E-state index contributed by atoms with van der Waals surface area (Å²) in [5.74, 6) is 0. The van der Waals surface area contributed by atoms with Crippen LogP contribution in [0.5, 0.6) is 0 Å². The zero-order valence-electron chi connectivity index (χ0n) is 12.2. The fraction of sp³-hybridized carbons (Fsp3) is 0.375. The number of nitrogens with one attached hydrogen (secondary N) is 1. The third-order valence-corrected chi connectivity index (χ3v) is 4.07. The minimum Gasteiger partial charge on any atom is -0.380 e. The maximum Gasteiger partial charge on any atom is 0.287 e. The third-order valence-electron chi connectivity index (χ3n) is 3.70. The highest BCUT2D eigenvalue weighted by atomic mass is 35.5. The van der Waals surface area contributed by atoms with E-state index in [1.54, 1.807) is 6.20 Å². The molecule has 1 unspecified atom stereocenters. The molecular formula is C16H18ClN3O2. The zero-order chi connectivity index (χ0) is 15.4. The van der Waals surface area contributed by atoms with Gasteiger partial charge in [0.15, 0.2) is 0 Å². The van der Waals surface area contributed by atoms with Gasteiger partial charge in [-0.2, -0.15) is 5.10 Å². The first kappa shape index (κ1) is 15.1. The van der Waals surface area contributed by atoms with Crippen LogP contribution in [0.2, 0.25) is 5.02 Å². The number of ether oxygens (including phenoxy) is 1. The molecule has 1 aliphatic rings. The average molecular weight is 320 g/mol. The Kier molecular flexibility index (Phi) is 4.75. The molecule has 5 nitrogen and oxygen atoms in total. The van der Waals surface area contributed by atoms with Gasteiger partial charge in [0.05, 0.1) is 24.5 Å². The molecule has 2 heterocycles. The van der Waals surface area contributed by atoms with E-state index in [9.17, 15) is 4.79 Å². The number of aromatic nitrogens is 2. The van der Waals surface area contributed by atoms with E-state index in [0.29, 0.717) is 18.8 Å². The van der Waals surface area contributed by atoms with Crippen molar-refractivity contribution < 1.29 is 4.74 Å². The molecule has 0 spiro atoms. The van der Waals surface area contributed by atoms with Crippen molar-refractivity contribution in [1.82, 2.24) is 9.78 Å². The summed E-state index contributed by atoms with van der Waals surface area (Å²) in [5, 5.41) is 7.52. The van der Waals surface area contributed by atoms with Gasteiger partial charge in [-0.15, -0.1) is 0 Å². The molecule has 0 bridgehead atoms. The van der Waals surface area contributed by atoms with E-state index in [1.807, 2.05) is 30.3 Å². The van der Waals surface area contributed by atoms with Crippen molar-refractivity contribution >= 4 is 17.3 Å². The van der Waals surface area contributed by atoms with E-state index in [1.165, 1.54) is 4.68 Å². The molecule has 0 radical (unpaired) electrons. The van der Waals surface area contributed by atoms with Crippen molar-refractivity contribution in [2.75, 3.05) is 18.5 Å². The van der Waals surface area contributed by atoms with Gasteiger partial charge in [0.2, 0.25) is 0 Å². The summed E-state index contributed by atoms with van der Waals surface area (Å²) >= 11 is 6.17. The lowest BCUT2D eigenvalue weighted by Gasteiger charge is -2.13. The first-order valence-electron chi connectivity index (χ1n) is 7.39. The second kappa shape index (κ2) is 6.94. The molecule has 2 aromatic rings. The molecule has 3 rings (SSSR count). The Bertz CT molecular complexity index is 682. The number of rotatable bonds is 5. The van der Waals surface area contributed by atoms with Crippen molar-refractivity contribution in [2.24, 2.45) is 0 Å². The largest absolute Gasteiger partial charge is 0.380 e. The highest BCUT2D eigenvalue weighted by Crippen LogP contribution is 2.18. The molecule has 1 N–H and O–H groups in total. The Morgan fingerprint density at radius 2 is 2.18 bits per heavy atom. The van der Waals surface area contributed by atoms with Gasteiger partial charge in [-0.1, -0.05) is 41.9 Å². The molecule has 0 amide bonds. The van der Waals surface area contributed by atoms with Gasteiger partial charge in [-0.05, 0) is 18.4 Å². The molecule has 22 heavy (non-hydrogen) atoms. The molecule has 1 aromatic heterocycles. The van der Waals surface area contributed by atoms with Crippen LogP contribution in [0.15, 0.2) is 41.3 Å². The summed E-state index contributed by atoms with van der Waals surface area (Å²) in [6.45, 7) is 1.85. The monoisotopic (exact) mass is 319 g/mol. The molecular weight excluding hydrogens is 302 g/mol. The van der Waals surface area contributed by atoms with Crippen LogP contribution in [-0.2, 0) is 11.3 Å². The number of anilines is 1. The number of halogens is 1. The lowest BCUT2D eigenvalue weighted by Crippen LogP contribution is -2.26. The zero-order valence-corrected chi connectivity index (χ0v) is 12.9. The van der Waals surface area contributed by atoms with Crippen LogP contribution in [-0.4, -0.2) is 29.0 Å². The summed E-state index contributed by atoms with van der Waals surface area (Å²) < 4.78 is 6.91. The van der Waals surface area contributed by atoms with Crippen LogP contribution in [0.3, 0.4) is 0 Å². The number of nitrogens with zero attached hydrogens (tertiary/aromatic N) is 2. The van der Waals surface area contributed by atoms with Gasteiger partial charge in [0, 0.05) is 13.2 Å². The molecule has 1 aromatic carbocycles. The lowest BCUT2D eigenvalue weighted by atomic mass is 10.2. The third kappa shape index (κ3) is 3.48. The van der Waals surface area contributed by atoms with E-state index in [0.717, 1.165) is 25.0 Å². The lowest BCUT2D eigenvalue weighted by molar-refractivity contribution is 0.120. The summed E-state index contributed by atoms with van der Waals surface area (Å²) in [7, 11) is 0. The Hall–Kier alpha value is -1.85. The summed E-state index contributed by atoms with van der Waals surface area (Å²) in [6, 6.07) is 9.70. The van der Waals surface area contributed by atoms with Gasteiger partial charge in [-0.3, -0.25) is 4.79 Å². The molecule has 1 saturated heterocycles. The van der Waals surface area contributed by atoms with Crippen LogP contribution in [0.25, 0.3) is 0 Å². The molecule has 116 valence electrons. The minimum atomic E-state index is -0.289. The van der Waals surface area contributed by atoms with Crippen molar-refractivity contribution in [2.45, 2.75) is 25.5 Å². The standard InChI is InChI=1S/C16H18ClN3O2/c17-15-14(18-9-13-7-4-8-22-13)10-19-20(16(15)21)11-12-5-2-1-3-6-12/h1-3,5-6,10,13,18H,4,7-9,11H2. The van der Waals surface area contributed by atoms with Crippen molar-refractivity contribution in [3.8, 4) is 0 Å². The van der Waals surface area contributed by atoms with Crippen LogP contribution in [0.1, 0.15) is 18.4 Å². The topological polar surface area (TPSA) is 56.1 Å². The number of benzene rings is 1. The van der Waals surface area contributed by atoms with E-state index in [-0.39, 0.29) is 16.7 Å². The van der Waals surface area contributed by atoms with Crippen LogP contribution < -0.4 is 10.9 Å². The summed E-state index contributed by atoms with van der Waals surface area (Å²) in [5.41, 5.74) is 1.28. The predicted molar refractivity (Wildman–Crippen MR) is 86.5 cm³/mol. The van der Waals surface area contributed by atoms with Crippen LogP contribution in [0.4, 0.5) is 5.69 Å². The van der Waals surface area contributed by atoms with Crippen molar-refractivity contribution in [3.63, 3.8) is 0 Å². The SMILES string of the molecule is O=c1c(Cl)c(NCC2CCCO2)cnn1Cc1ccccc1. The van der Waals surface area contributed by atoms with E-state index >= 15 is 0 Å². The smallest absolute Gasteiger partial charge is 0.287 e. The Labute approximate surface area is 133 Å². The number of hydrogen-bond acceptors (Lipinski definition) is 4. The van der Waals surface area contributed by atoms with E-state index < -0.39 is 0 Å². The first-order chi connectivity index (χ1) is 10.7. The molecule has 0 saturated carbocycles. The second-order valence-electron chi connectivity index (χ2n) is 5.34. The highest BCUT2D eigenvalue weighted by molar-refractivity contribution is 6.32. The molecule has 1 atom stereocenters. The normalized spacial score (nSPS) is 17.6. The number of hydrogen-bond donors (Lipinski definition) is 1. The maximum atomic E-state index is 12.3. The molecule has 1 aliphatic heterocycles. The van der Waals surface area contributed by atoms with Crippen molar-refractivity contribution in [3.05, 3.63) is 57.5 Å². The van der Waals surface area contributed by atoms with Gasteiger partial charge >= 0.3 is 0 Å². The Morgan fingerprint density at radius 1 is 1.36 bits per heavy atom. The average Bonchev–Trinajstić information content (AvgIpc) is 3.06. The fourth-order valence-electron chi connectivity index (χ4n) is 2.49. The van der Waals surface area contributed by atoms with Gasteiger partial charge in [0.1, 0.15) is 5.02 Å². The minimum absolute atomic E-state index is 0.170. The second-order valence-corrected chi connectivity index (χ2v) is 5.71. The van der Waals surface area contributed by atoms with Crippen LogP contribution in [0, 0.1) is 0 Å². The molecule has 6 heteroatoms. The van der Waals surface area contributed by atoms with Crippen molar-refractivity contribution in [1.29, 1.82) is 0 Å². The van der Waals surface area contributed by atoms with E-state index in [2.05, 4.69) is 10.4 Å². The first-order valence-corrected chi connectivity index (χ1v) is 7.77. The highest BCUT2D eigenvalue weighted by Gasteiger charge is 2.16. The molecule has 1 fully saturated rings. The van der Waals surface area contributed by atoms with Crippen LogP contribution >= 0.6 is 11.6 Å². The molecule has 0 aliphatic carbocycles. The summed E-state index contributed by atoms with van der Waals surface area (Å²) in [4.78, 5) is 12.3. The maximum absolute atomic E-state index is 12.3. The quantitative estimate of drug-likeness (QED) is 0.920.